The van der Waals surface area contributed by atoms with Crippen molar-refractivity contribution in [3.05, 3.63) is 57.5 Å². The standard InChI is InChI=1S/C23H33N3O5/c1-17-16-20(28)21(23(29)26(17)13-15-30-2)22(18-4-6-19(31-3)7-5-18)25-10-8-24(9-11-25)12-14-27/h4-7,16,22,27-28H,8-15H2,1-3H3/t22-/m1/s1. The Labute approximate surface area is 183 Å². The number of nitrogens with zero attached hydrogens (tertiary/aromatic N) is 3. The number of rotatable bonds is 9. The predicted molar refractivity (Wildman–Crippen MR) is 119 cm³/mol. The highest BCUT2D eigenvalue weighted by Gasteiger charge is 2.31. The molecule has 1 atom stereocenters. The number of aromatic nitrogens is 1. The molecule has 1 aliphatic rings. The van der Waals surface area contributed by atoms with Gasteiger partial charge in [0.2, 0.25) is 0 Å². The SMILES string of the molecule is COCCn1c(C)cc(O)c([C@@H](c2ccc(OC)cc2)N2CCN(CCO)CC2)c1=O. The van der Waals surface area contributed by atoms with Gasteiger partial charge in [0.1, 0.15) is 11.5 Å². The van der Waals surface area contributed by atoms with E-state index in [1.165, 1.54) is 0 Å². The fourth-order valence-corrected chi connectivity index (χ4v) is 4.22. The van der Waals surface area contributed by atoms with Crippen LogP contribution in [0.25, 0.3) is 0 Å². The average molecular weight is 432 g/mol. The molecule has 0 amide bonds. The summed E-state index contributed by atoms with van der Waals surface area (Å²) in [6.07, 6.45) is 0. The number of aryl methyl sites for hydroxylation is 1. The lowest BCUT2D eigenvalue weighted by Crippen LogP contribution is -2.49. The summed E-state index contributed by atoms with van der Waals surface area (Å²) in [5.41, 5.74) is 1.80. The van der Waals surface area contributed by atoms with E-state index >= 15 is 0 Å². The molecule has 31 heavy (non-hydrogen) atoms. The molecule has 2 N–H and O–H groups in total. The molecule has 1 aliphatic heterocycles. The first-order chi connectivity index (χ1) is 15.0. The number of ether oxygens (including phenoxy) is 2. The zero-order chi connectivity index (χ0) is 22.4. The Kier molecular flexibility index (Phi) is 8.09. The number of aliphatic hydroxyl groups excluding tert-OH is 1. The van der Waals surface area contributed by atoms with Gasteiger partial charge in [0.05, 0.1) is 31.9 Å². The lowest BCUT2D eigenvalue weighted by molar-refractivity contribution is 0.0931. The van der Waals surface area contributed by atoms with Gasteiger partial charge < -0.3 is 24.3 Å². The zero-order valence-corrected chi connectivity index (χ0v) is 18.6. The smallest absolute Gasteiger partial charge is 0.259 e. The van der Waals surface area contributed by atoms with Gasteiger partial charge in [-0.3, -0.25) is 14.6 Å². The fourth-order valence-electron chi connectivity index (χ4n) is 4.22. The van der Waals surface area contributed by atoms with Crippen LogP contribution in [0.2, 0.25) is 0 Å². The van der Waals surface area contributed by atoms with Crippen LogP contribution in [0.5, 0.6) is 11.5 Å². The highest BCUT2D eigenvalue weighted by atomic mass is 16.5. The van der Waals surface area contributed by atoms with Gasteiger partial charge in [0.25, 0.3) is 5.56 Å². The van der Waals surface area contributed by atoms with Crippen LogP contribution in [0.4, 0.5) is 0 Å². The Hall–Kier alpha value is -2.39. The molecule has 8 heteroatoms. The third-order valence-electron chi connectivity index (χ3n) is 5.94. The highest BCUT2D eigenvalue weighted by Crippen LogP contribution is 2.34. The summed E-state index contributed by atoms with van der Waals surface area (Å²) in [5, 5.41) is 20.1. The second-order valence-electron chi connectivity index (χ2n) is 7.81. The van der Waals surface area contributed by atoms with E-state index in [1.54, 1.807) is 24.9 Å². The van der Waals surface area contributed by atoms with Crippen molar-refractivity contribution in [3.63, 3.8) is 0 Å². The molecule has 3 rings (SSSR count). The van der Waals surface area contributed by atoms with Gasteiger partial charge in [-0.25, -0.2) is 0 Å². The molecule has 1 aromatic heterocycles. The molecule has 0 aliphatic carbocycles. The molecule has 1 saturated heterocycles. The number of aliphatic hydroxyl groups is 1. The van der Waals surface area contributed by atoms with E-state index in [-0.39, 0.29) is 24.0 Å². The molecule has 8 nitrogen and oxygen atoms in total. The van der Waals surface area contributed by atoms with Crippen molar-refractivity contribution in [2.24, 2.45) is 0 Å². The Balaban J connectivity index is 2.05. The van der Waals surface area contributed by atoms with Crippen molar-refractivity contribution in [2.75, 3.05) is 60.2 Å². The second-order valence-corrected chi connectivity index (χ2v) is 7.81. The molecule has 2 aromatic rings. The predicted octanol–water partition coefficient (Wildman–Crippen LogP) is 1.22. The molecule has 1 fully saturated rings. The lowest BCUT2D eigenvalue weighted by Gasteiger charge is -2.39. The Morgan fingerprint density at radius 2 is 1.74 bits per heavy atom. The number of methoxy groups -OCH3 is 2. The molecule has 0 unspecified atom stereocenters. The van der Waals surface area contributed by atoms with E-state index in [9.17, 15) is 15.0 Å². The van der Waals surface area contributed by atoms with Crippen molar-refractivity contribution >= 4 is 0 Å². The van der Waals surface area contributed by atoms with E-state index in [4.69, 9.17) is 9.47 Å². The molecule has 0 saturated carbocycles. The Morgan fingerprint density at radius 3 is 2.32 bits per heavy atom. The van der Waals surface area contributed by atoms with E-state index in [0.717, 1.165) is 37.5 Å². The van der Waals surface area contributed by atoms with Gasteiger partial charge in [-0.15, -0.1) is 0 Å². The van der Waals surface area contributed by atoms with Gasteiger partial charge in [-0.2, -0.15) is 0 Å². The topological polar surface area (TPSA) is 87.4 Å². The molecule has 0 spiro atoms. The zero-order valence-electron chi connectivity index (χ0n) is 18.6. The molecule has 1 aromatic carbocycles. The van der Waals surface area contributed by atoms with Crippen LogP contribution in [-0.2, 0) is 11.3 Å². The van der Waals surface area contributed by atoms with E-state index in [1.807, 2.05) is 31.2 Å². The van der Waals surface area contributed by atoms with Crippen LogP contribution in [0.1, 0.15) is 22.9 Å². The van der Waals surface area contributed by atoms with Gasteiger partial charge in [-0.1, -0.05) is 12.1 Å². The normalized spacial score (nSPS) is 16.4. The monoisotopic (exact) mass is 431 g/mol. The number of hydrogen-bond acceptors (Lipinski definition) is 7. The lowest BCUT2D eigenvalue weighted by atomic mass is 9.96. The first kappa shape index (κ1) is 23.3. The number of benzene rings is 1. The minimum Gasteiger partial charge on any atom is -0.507 e. The van der Waals surface area contributed by atoms with Gasteiger partial charge in [0.15, 0.2) is 0 Å². The van der Waals surface area contributed by atoms with Crippen LogP contribution < -0.4 is 10.3 Å². The fraction of sp³-hybridized carbons (Fsp3) is 0.522. The van der Waals surface area contributed by atoms with Crippen LogP contribution >= 0.6 is 0 Å². The largest absolute Gasteiger partial charge is 0.507 e. The Bertz CT molecular complexity index is 905. The quantitative estimate of drug-likeness (QED) is 0.617. The van der Waals surface area contributed by atoms with Gasteiger partial charge in [0, 0.05) is 52.1 Å². The van der Waals surface area contributed by atoms with Crippen molar-refractivity contribution < 1.29 is 19.7 Å². The highest BCUT2D eigenvalue weighted by molar-refractivity contribution is 5.42. The molecule has 2 heterocycles. The second kappa shape index (κ2) is 10.8. The summed E-state index contributed by atoms with van der Waals surface area (Å²) in [6.45, 7) is 6.45. The van der Waals surface area contributed by atoms with Crippen LogP contribution in [0.15, 0.2) is 35.1 Å². The number of aromatic hydroxyl groups is 1. The van der Waals surface area contributed by atoms with Crippen molar-refractivity contribution in [1.82, 2.24) is 14.4 Å². The van der Waals surface area contributed by atoms with Crippen molar-refractivity contribution in [1.29, 1.82) is 0 Å². The van der Waals surface area contributed by atoms with Crippen LogP contribution in [0, 0.1) is 6.92 Å². The summed E-state index contributed by atoms with van der Waals surface area (Å²) >= 11 is 0. The maximum absolute atomic E-state index is 13.5. The first-order valence-corrected chi connectivity index (χ1v) is 10.6. The third kappa shape index (κ3) is 5.27. The van der Waals surface area contributed by atoms with E-state index < -0.39 is 0 Å². The molecule has 0 bridgehead atoms. The Morgan fingerprint density at radius 1 is 1.06 bits per heavy atom. The van der Waals surface area contributed by atoms with Gasteiger partial charge >= 0.3 is 0 Å². The number of piperazine rings is 1. The summed E-state index contributed by atoms with van der Waals surface area (Å²) in [4.78, 5) is 17.9. The number of hydrogen-bond donors (Lipinski definition) is 2. The number of β-amino-alcohol motifs (C(OH)–C–C–N with tert-alkyl or cyclic N) is 1. The summed E-state index contributed by atoms with van der Waals surface area (Å²) in [5.74, 6) is 0.746. The van der Waals surface area contributed by atoms with E-state index in [0.29, 0.717) is 31.0 Å². The van der Waals surface area contributed by atoms with Crippen LogP contribution in [0.3, 0.4) is 0 Å². The first-order valence-electron chi connectivity index (χ1n) is 10.6. The summed E-state index contributed by atoms with van der Waals surface area (Å²) in [7, 11) is 3.22. The average Bonchev–Trinajstić information content (AvgIpc) is 2.77. The molecule has 170 valence electrons. The van der Waals surface area contributed by atoms with Crippen molar-refractivity contribution in [3.8, 4) is 11.5 Å². The maximum atomic E-state index is 13.5. The van der Waals surface area contributed by atoms with Crippen molar-refractivity contribution in [2.45, 2.75) is 19.5 Å². The third-order valence-corrected chi connectivity index (χ3v) is 5.94. The summed E-state index contributed by atoms with van der Waals surface area (Å²) < 4.78 is 12.1. The molecular formula is C23H33N3O5. The minimum atomic E-state index is -0.385. The van der Waals surface area contributed by atoms with Gasteiger partial charge in [-0.05, 0) is 30.7 Å². The molecular weight excluding hydrogens is 398 g/mol. The minimum absolute atomic E-state index is 0.00905. The van der Waals surface area contributed by atoms with Crippen LogP contribution in [-0.4, -0.2) is 84.7 Å². The van der Waals surface area contributed by atoms with E-state index in [2.05, 4.69) is 9.80 Å². The molecule has 0 radical (unpaired) electrons. The number of pyridine rings is 1. The summed E-state index contributed by atoms with van der Waals surface area (Å²) in [6, 6.07) is 8.91. The maximum Gasteiger partial charge on any atom is 0.259 e.